The predicted molar refractivity (Wildman–Crippen MR) is 176 cm³/mol. The van der Waals surface area contributed by atoms with Gasteiger partial charge in [-0.1, -0.05) is 74.9 Å². The van der Waals surface area contributed by atoms with Crippen LogP contribution in [0.25, 0.3) is 10.9 Å². The minimum absolute atomic E-state index is 0.00538. The third-order valence-corrected chi connectivity index (χ3v) is 9.21. The van der Waals surface area contributed by atoms with E-state index < -0.39 is 11.7 Å². The smallest absolute Gasteiger partial charge is 0.248 e. The normalized spacial score (nSPS) is 16.0. The second kappa shape index (κ2) is 15.7. The summed E-state index contributed by atoms with van der Waals surface area (Å²) in [6.07, 6.45) is 12.1. The van der Waals surface area contributed by atoms with E-state index in [1.165, 1.54) is 31.4 Å². The molecule has 0 bridgehead atoms. The lowest BCUT2D eigenvalue weighted by atomic mass is 9.80. The number of nitrogens with one attached hydrogen (secondary N) is 2. The van der Waals surface area contributed by atoms with Crippen LogP contribution in [0.3, 0.4) is 0 Å². The molecule has 2 aromatic carbocycles. The molecule has 9 nitrogen and oxygen atoms in total. The first kappa shape index (κ1) is 32.9. The van der Waals surface area contributed by atoms with Gasteiger partial charge in [0, 0.05) is 23.9 Å². The highest BCUT2D eigenvalue weighted by Gasteiger charge is 2.45. The Kier molecular flexibility index (Phi) is 11.5. The standard InChI is InChI=1S/C36H48N4O5/c1-40(25-28-23-38-35(45-28)36(44,27-15-9-10-16-27)26-13-7-6-8-14-26)22-12-5-3-2-4-11-21-37-24-32(42)29-17-19-31(41)34-30(29)18-20-33(43)39-34/h6-8,13-14,17-20,23,27,32,37,41-42,44H,2-5,9-12,15-16,21-22,24-25H2,1H3,(H,39,43)/t32?,36-/m0/s1. The topological polar surface area (TPSA) is 135 Å². The van der Waals surface area contributed by atoms with Crippen molar-refractivity contribution in [1.82, 2.24) is 20.2 Å². The SMILES string of the molecule is CN(CCCCCCCCNCC(O)c1ccc(O)c2[nH]c(=O)ccc12)Cc1cnc([C@](O)(c2ccccc2)C2CCCC2)o1. The number of pyridine rings is 1. The first-order chi connectivity index (χ1) is 21.9. The highest BCUT2D eigenvalue weighted by molar-refractivity contribution is 5.87. The highest BCUT2D eigenvalue weighted by atomic mass is 16.4. The first-order valence-corrected chi connectivity index (χ1v) is 16.5. The molecular formula is C36H48N4O5. The van der Waals surface area contributed by atoms with Gasteiger partial charge in [0.25, 0.3) is 0 Å². The molecule has 1 aliphatic rings. The van der Waals surface area contributed by atoms with Crippen molar-refractivity contribution < 1.29 is 19.7 Å². The molecule has 4 aromatic rings. The molecule has 0 saturated heterocycles. The lowest BCUT2D eigenvalue weighted by Crippen LogP contribution is -2.35. The van der Waals surface area contributed by atoms with Crippen LogP contribution in [0.2, 0.25) is 0 Å². The lowest BCUT2D eigenvalue weighted by Gasteiger charge is -2.31. The average molecular weight is 617 g/mol. The summed E-state index contributed by atoms with van der Waals surface area (Å²) in [6.45, 7) is 2.87. The zero-order chi connectivity index (χ0) is 31.6. The van der Waals surface area contributed by atoms with Crippen molar-refractivity contribution >= 4 is 10.9 Å². The molecule has 1 fully saturated rings. The van der Waals surface area contributed by atoms with E-state index in [0.717, 1.165) is 69.4 Å². The largest absolute Gasteiger partial charge is 0.506 e. The van der Waals surface area contributed by atoms with Gasteiger partial charge < -0.3 is 30.0 Å². The molecule has 2 aromatic heterocycles. The van der Waals surface area contributed by atoms with E-state index in [4.69, 9.17) is 4.42 Å². The molecular weight excluding hydrogens is 568 g/mol. The summed E-state index contributed by atoms with van der Waals surface area (Å²) in [4.78, 5) is 21.1. The minimum atomic E-state index is -1.19. The molecule has 1 saturated carbocycles. The van der Waals surface area contributed by atoms with Gasteiger partial charge in [-0.2, -0.15) is 0 Å². The van der Waals surface area contributed by atoms with Crippen LogP contribution >= 0.6 is 0 Å². The van der Waals surface area contributed by atoms with Gasteiger partial charge in [0.1, 0.15) is 11.5 Å². The number of aliphatic hydroxyl groups excluding tert-OH is 1. The Morgan fingerprint density at radius 2 is 1.76 bits per heavy atom. The van der Waals surface area contributed by atoms with Gasteiger partial charge in [-0.05, 0) is 69.1 Å². The number of rotatable bonds is 17. The molecule has 0 amide bonds. The molecule has 9 heteroatoms. The van der Waals surface area contributed by atoms with E-state index >= 15 is 0 Å². The van der Waals surface area contributed by atoms with Crippen LogP contribution in [0.15, 0.2) is 70.0 Å². The monoisotopic (exact) mass is 616 g/mol. The minimum Gasteiger partial charge on any atom is -0.506 e. The summed E-state index contributed by atoms with van der Waals surface area (Å²) < 4.78 is 6.20. The number of benzene rings is 2. The number of oxazole rings is 1. The molecule has 5 rings (SSSR count). The molecule has 0 spiro atoms. The predicted octanol–water partition coefficient (Wildman–Crippen LogP) is 5.74. The Labute approximate surface area is 265 Å². The second-order valence-corrected chi connectivity index (χ2v) is 12.6. The van der Waals surface area contributed by atoms with Crippen molar-refractivity contribution in [3.05, 3.63) is 93.9 Å². The van der Waals surface area contributed by atoms with Crippen LogP contribution in [0.4, 0.5) is 0 Å². The van der Waals surface area contributed by atoms with Gasteiger partial charge >= 0.3 is 0 Å². The van der Waals surface area contributed by atoms with Crippen molar-refractivity contribution in [3.63, 3.8) is 0 Å². The number of aliphatic hydroxyl groups is 2. The maximum atomic E-state index is 11.9. The lowest BCUT2D eigenvalue weighted by molar-refractivity contribution is -0.00726. The van der Waals surface area contributed by atoms with E-state index in [1.807, 2.05) is 30.3 Å². The van der Waals surface area contributed by atoms with Gasteiger partial charge in [0.2, 0.25) is 11.4 Å². The van der Waals surface area contributed by atoms with Crippen molar-refractivity contribution in [2.75, 3.05) is 26.7 Å². The third-order valence-electron chi connectivity index (χ3n) is 9.21. The van der Waals surface area contributed by atoms with Crippen LogP contribution in [0, 0.1) is 5.92 Å². The number of unbranched alkanes of at least 4 members (excludes halogenated alkanes) is 5. The van der Waals surface area contributed by atoms with E-state index in [1.54, 1.807) is 18.3 Å². The molecule has 0 radical (unpaired) electrons. The zero-order valence-electron chi connectivity index (χ0n) is 26.4. The van der Waals surface area contributed by atoms with Gasteiger partial charge in [0.05, 0.1) is 24.4 Å². The number of hydrogen-bond acceptors (Lipinski definition) is 8. The number of phenols is 1. The van der Waals surface area contributed by atoms with Crippen LogP contribution < -0.4 is 10.9 Å². The zero-order valence-corrected chi connectivity index (χ0v) is 26.4. The molecule has 1 unspecified atom stereocenters. The molecule has 242 valence electrons. The molecule has 2 atom stereocenters. The number of H-pyrrole nitrogens is 1. The van der Waals surface area contributed by atoms with Gasteiger partial charge in [0.15, 0.2) is 5.60 Å². The van der Waals surface area contributed by atoms with Crippen molar-refractivity contribution in [1.29, 1.82) is 0 Å². The Morgan fingerprint density at radius 1 is 1.02 bits per heavy atom. The Morgan fingerprint density at radius 3 is 2.53 bits per heavy atom. The first-order valence-electron chi connectivity index (χ1n) is 16.5. The molecule has 0 aliphatic heterocycles. The fourth-order valence-electron chi connectivity index (χ4n) is 6.71. The van der Waals surface area contributed by atoms with Crippen LogP contribution in [-0.2, 0) is 12.1 Å². The molecule has 5 N–H and O–H groups in total. The quantitative estimate of drug-likeness (QED) is 0.0948. The summed E-state index contributed by atoms with van der Waals surface area (Å²) in [6, 6.07) is 16.1. The summed E-state index contributed by atoms with van der Waals surface area (Å²) in [5, 5.41) is 36.6. The van der Waals surface area contributed by atoms with Gasteiger partial charge in [-0.3, -0.25) is 9.69 Å². The van der Waals surface area contributed by atoms with Gasteiger partial charge in [-0.25, -0.2) is 4.98 Å². The fraction of sp³-hybridized carbons (Fsp3) is 0.500. The van der Waals surface area contributed by atoms with E-state index in [9.17, 15) is 20.1 Å². The Hall–Kier alpha value is -3.50. The number of hydrogen-bond donors (Lipinski definition) is 5. The second-order valence-electron chi connectivity index (χ2n) is 12.6. The molecule has 45 heavy (non-hydrogen) atoms. The fourth-order valence-corrected chi connectivity index (χ4v) is 6.71. The maximum absolute atomic E-state index is 11.9. The maximum Gasteiger partial charge on any atom is 0.248 e. The van der Waals surface area contributed by atoms with Gasteiger partial charge in [-0.15, -0.1) is 0 Å². The number of phenolic OH excluding ortho intramolecular Hbond substituents is 1. The van der Waals surface area contributed by atoms with Crippen LogP contribution in [0.5, 0.6) is 5.75 Å². The number of aromatic hydroxyl groups is 1. The summed E-state index contributed by atoms with van der Waals surface area (Å²) >= 11 is 0. The number of fused-ring (bicyclic) bond motifs is 1. The van der Waals surface area contributed by atoms with E-state index in [0.29, 0.717) is 35.4 Å². The van der Waals surface area contributed by atoms with E-state index in [-0.39, 0.29) is 17.2 Å². The number of aromatic amines is 1. The van der Waals surface area contributed by atoms with E-state index in [2.05, 4.69) is 27.2 Å². The third kappa shape index (κ3) is 8.21. The summed E-state index contributed by atoms with van der Waals surface area (Å²) in [7, 11) is 2.10. The molecule has 2 heterocycles. The van der Waals surface area contributed by atoms with Crippen molar-refractivity contribution in [2.45, 2.75) is 82.5 Å². The van der Waals surface area contributed by atoms with Crippen molar-refractivity contribution in [3.8, 4) is 5.75 Å². The summed E-state index contributed by atoms with van der Waals surface area (Å²) in [5.41, 5.74) is 0.410. The average Bonchev–Trinajstić information content (AvgIpc) is 3.76. The highest BCUT2D eigenvalue weighted by Crippen LogP contribution is 2.44. The van der Waals surface area contributed by atoms with Crippen molar-refractivity contribution in [2.24, 2.45) is 5.92 Å². The Balaban J connectivity index is 0.963. The number of nitrogens with zero attached hydrogens (tertiary/aromatic N) is 2. The Bertz CT molecular complexity index is 1550. The number of aromatic nitrogens is 2. The molecule has 1 aliphatic carbocycles. The van der Waals surface area contributed by atoms with Crippen LogP contribution in [0.1, 0.15) is 93.1 Å². The van der Waals surface area contributed by atoms with Crippen LogP contribution in [-0.4, -0.2) is 56.9 Å². The summed E-state index contributed by atoms with van der Waals surface area (Å²) in [5.74, 6) is 1.31.